The number of H-pyrrole nitrogens is 1. The third-order valence-electron chi connectivity index (χ3n) is 2.99. The van der Waals surface area contributed by atoms with Gasteiger partial charge in [-0.3, -0.25) is 10.2 Å². The van der Waals surface area contributed by atoms with Gasteiger partial charge in [-0.05, 0) is 18.2 Å². The first-order valence-corrected chi connectivity index (χ1v) is 7.04. The van der Waals surface area contributed by atoms with Gasteiger partial charge >= 0.3 is 0 Å². The Kier molecular flexibility index (Phi) is 3.49. The Morgan fingerprint density at radius 2 is 2.20 bits per heavy atom. The van der Waals surface area contributed by atoms with Gasteiger partial charge in [0.05, 0.1) is 22.6 Å². The maximum atomic E-state index is 11.5. The summed E-state index contributed by atoms with van der Waals surface area (Å²) >= 11 is 1.58. The summed E-state index contributed by atoms with van der Waals surface area (Å²) < 4.78 is 5.33. The van der Waals surface area contributed by atoms with Crippen LogP contribution in [0.3, 0.4) is 0 Å². The van der Waals surface area contributed by atoms with Crippen molar-refractivity contribution < 1.29 is 9.21 Å². The van der Waals surface area contributed by atoms with Crippen LogP contribution in [-0.4, -0.2) is 10.9 Å². The number of nitrogens with one attached hydrogen (secondary N) is 2. The summed E-state index contributed by atoms with van der Waals surface area (Å²) in [5.41, 5.74) is 3.67. The first kappa shape index (κ1) is 12.8. The molecule has 0 saturated carbocycles. The summed E-state index contributed by atoms with van der Waals surface area (Å²) in [4.78, 5) is 14.9. The number of thioether (sulfide) groups is 1. The molecule has 0 aliphatic heterocycles. The van der Waals surface area contributed by atoms with Gasteiger partial charge in [-0.2, -0.15) is 0 Å². The van der Waals surface area contributed by atoms with Crippen LogP contribution in [0, 0.1) is 0 Å². The van der Waals surface area contributed by atoms with Crippen LogP contribution < -0.4 is 11.3 Å². The van der Waals surface area contributed by atoms with E-state index in [-0.39, 0.29) is 5.91 Å². The summed E-state index contributed by atoms with van der Waals surface area (Å²) in [5, 5.41) is 2.19. The number of aromatic nitrogens is 1. The first-order valence-electron chi connectivity index (χ1n) is 6.06. The number of rotatable bonds is 4. The average Bonchev–Trinajstić information content (AvgIpc) is 3.10. The number of aromatic amines is 1. The van der Waals surface area contributed by atoms with E-state index in [0.717, 1.165) is 15.9 Å². The molecule has 3 rings (SSSR count). The molecule has 1 aromatic carbocycles. The molecule has 1 amide bonds. The molecule has 102 valence electrons. The van der Waals surface area contributed by atoms with Crippen LogP contribution in [0.4, 0.5) is 0 Å². The Morgan fingerprint density at radius 1 is 1.35 bits per heavy atom. The number of fused-ring (bicyclic) bond motifs is 1. The van der Waals surface area contributed by atoms with Crippen molar-refractivity contribution in [2.45, 2.75) is 10.8 Å². The lowest BCUT2D eigenvalue weighted by Gasteiger charge is -2.00. The van der Waals surface area contributed by atoms with Crippen molar-refractivity contribution in [2.24, 2.45) is 5.84 Å². The summed E-state index contributed by atoms with van der Waals surface area (Å²) in [6.07, 6.45) is 1.49. The predicted molar refractivity (Wildman–Crippen MR) is 78.2 cm³/mol. The zero-order valence-electron chi connectivity index (χ0n) is 10.6. The van der Waals surface area contributed by atoms with Gasteiger partial charge in [0.15, 0.2) is 0 Å². The smallest absolute Gasteiger partial charge is 0.268 e. The van der Waals surface area contributed by atoms with Crippen molar-refractivity contribution in [1.82, 2.24) is 10.4 Å². The molecular formula is C14H13N3O2S. The summed E-state index contributed by atoms with van der Waals surface area (Å²) in [7, 11) is 0. The lowest BCUT2D eigenvalue weighted by Crippen LogP contribution is -2.30. The average molecular weight is 287 g/mol. The largest absolute Gasteiger partial charge is 0.468 e. The maximum absolute atomic E-state index is 11.5. The number of benzene rings is 1. The van der Waals surface area contributed by atoms with Gasteiger partial charge in [0.2, 0.25) is 0 Å². The van der Waals surface area contributed by atoms with Crippen LogP contribution in [-0.2, 0) is 5.75 Å². The maximum Gasteiger partial charge on any atom is 0.268 e. The molecule has 0 radical (unpaired) electrons. The standard InChI is InChI=1S/C14H13N3O2S/c15-17-14(18)10-5-6-19-12(10)8-20-13-7-9-3-1-2-4-11(9)16-13/h1-7,16H,8,15H2,(H,17,18). The number of carbonyl (C=O) groups excluding carboxylic acids is 1. The van der Waals surface area contributed by atoms with E-state index in [4.69, 9.17) is 10.3 Å². The second-order valence-corrected chi connectivity index (χ2v) is 5.26. The fourth-order valence-electron chi connectivity index (χ4n) is 2.00. The number of furan rings is 1. The molecule has 0 spiro atoms. The van der Waals surface area contributed by atoms with E-state index in [1.807, 2.05) is 18.2 Å². The van der Waals surface area contributed by atoms with Crippen molar-refractivity contribution in [1.29, 1.82) is 0 Å². The van der Waals surface area contributed by atoms with Crippen LogP contribution >= 0.6 is 11.8 Å². The van der Waals surface area contributed by atoms with Crippen LogP contribution in [0.5, 0.6) is 0 Å². The highest BCUT2D eigenvalue weighted by atomic mass is 32.2. The van der Waals surface area contributed by atoms with Gasteiger partial charge < -0.3 is 9.40 Å². The van der Waals surface area contributed by atoms with Gasteiger partial charge in [-0.25, -0.2) is 5.84 Å². The highest BCUT2D eigenvalue weighted by Crippen LogP contribution is 2.27. The number of para-hydroxylation sites is 1. The van der Waals surface area contributed by atoms with E-state index in [0.29, 0.717) is 17.1 Å². The molecular weight excluding hydrogens is 274 g/mol. The lowest BCUT2D eigenvalue weighted by atomic mass is 10.2. The molecule has 0 fully saturated rings. The van der Waals surface area contributed by atoms with Crippen LogP contribution in [0.2, 0.25) is 0 Å². The van der Waals surface area contributed by atoms with Crippen LogP contribution in [0.1, 0.15) is 16.1 Å². The summed E-state index contributed by atoms with van der Waals surface area (Å²) in [6, 6.07) is 11.8. The van der Waals surface area contributed by atoms with E-state index in [1.165, 1.54) is 6.26 Å². The third-order valence-corrected chi connectivity index (χ3v) is 3.92. The van der Waals surface area contributed by atoms with Crippen molar-refractivity contribution in [2.75, 3.05) is 0 Å². The minimum absolute atomic E-state index is 0.342. The Morgan fingerprint density at radius 3 is 3.00 bits per heavy atom. The van der Waals surface area contributed by atoms with Crippen molar-refractivity contribution >= 4 is 28.6 Å². The molecule has 6 heteroatoms. The van der Waals surface area contributed by atoms with Gasteiger partial charge in [0, 0.05) is 10.9 Å². The molecule has 0 saturated heterocycles. The zero-order valence-corrected chi connectivity index (χ0v) is 11.4. The van der Waals surface area contributed by atoms with E-state index in [1.54, 1.807) is 17.8 Å². The van der Waals surface area contributed by atoms with Gasteiger partial charge in [0.1, 0.15) is 5.76 Å². The lowest BCUT2D eigenvalue weighted by molar-refractivity contribution is 0.0952. The Hall–Kier alpha value is -2.18. The van der Waals surface area contributed by atoms with Crippen LogP contribution in [0.25, 0.3) is 10.9 Å². The molecule has 0 bridgehead atoms. The molecule has 0 unspecified atom stereocenters. The number of carbonyl (C=O) groups is 1. The number of hydrogen-bond acceptors (Lipinski definition) is 4. The number of hydrazine groups is 1. The highest BCUT2D eigenvalue weighted by molar-refractivity contribution is 7.98. The van der Waals surface area contributed by atoms with E-state index >= 15 is 0 Å². The summed E-state index contributed by atoms with van der Waals surface area (Å²) in [6.45, 7) is 0. The molecule has 3 aromatic rings. The fourth-order valence-corrected chi connectivity index (χ4v) is 2.90. The molecule has 0 atom stereocenters. The predicted octanol–water partition coefficient (Wildman–Crippen LogP) is 2.66. The number of amides is 1. The fraction of sp³-hybridized carbons (Fsp3) is 0.0714. The molecule has 20 heavy (non-hydrogen) atoms. The van der Waals surface area contributed by atoms with Gasteiger partial charge in [-0.1, -0.05) is 18.2 Å². The topological polar surface area (TPSA) is 84.0 Å². The molecule has 0 aliphatic carbocycles. The minimum Gasteiger partial charge on any atom is -0.468 e. The second-order valence-electron chi connectivity index (χ2n) is 4.24. The van der Waals surface area contributed by atoms with Gasteiger partial charge in [0.25, 0.3) is 5.91 Å². The van der Waals surface area contributed by atoms with E-state index in [9.17, 15) is 4.79 Å². The molecule has 4 N–H and O–H groups in total. The third kappa shape index (κ3) is 2.43. The molecule has 2 aromatic heterocycles. The quantitative estimate of drug-likeness (QED) is 0.298. The van der Waals surface area contributed by atoms with Crippen molar-refractivity contribution in [3.63, 3.8) is 0 Å². The van der Waals surface area contributed by atoms with Crippen molar-refractivity contribution in [3.8, 4) is 0 Å². The second kappa shape index (κ2) is 5.44. The Balaban J connectivity index is 1.76. The van der Waals surface area contributed by atoms with E-state index in [2.05, 4.69) is 22.5 Å². The Bertz CT molecular complexity index is 715. The van der Waals surface area contributed by atoms with Crippen molar-refractivity contribution in [3.05, 3.63) is 54.0 Å². The first-order chi connectivity index (χ1) is 9.78. The summed E-state index contributed by atoms with van der Waals surface area (Å²) in [5.74, 6) is 5.96. The number of hydrogen-bond donors (Lipinski definition) is 3. The SMILES string of the molecule is NNC(=O)c1ccoc1CSc1cc2ccccc2[nH]1. The van der Waals surface area contributed by atoms with Gasteiger partial charge in [-0.15, -0.1) is 11.8 Å². The van der Waals surface area contributed by atoms with Crippen LogP contribution in [0.15, 0.2) is 52.1 Å². The molecule has 0 aliphatic rings. The minimum atomic E-state index is -0.342. The number of nitrogens with two attached hydrogens (primary N) is 1. The highest BCUT2D eigenvalue weighted by Gasteiger charge is 2.14. The number of nitrogen functional groups attached to an aromatic ring is 1. The van der Waals surface area contributed by atoms with E-state index < -0.39 is 0 Å². The normalized spacial score (nSPS) is 10.8. The zero-order chi connectivity index (χ0) is 13.9. The monoisotopic (exact) mass is 287 g/mol. The molecule has 5 nitrogen and oxygen atoms in total. The Labute approximate surface area is 119 Å². The molecule has 2 heterocycles.